The molecule has 0 bridgehead atoms. The third kappa shape index (κ3) is 37.5. The second kappa shape index (κ2) is 45.1. The number of alkyl halides is 15. The van der Waals surface area contributed by atoms with Crippen LogP contribution in [0, 0.1) is 72.4 Å². The van der Waals surface area contributed by atoms with Crippen LogP contribution in [0.4, 0.5) is 65.9 Å². The van der Waals surface area contributed by atoms with Gasteiger partial charge in [-0.25, -0.2) is 4.79 Å². The fourth-order valence-corrected chi connectivity index (χ4v) is 10.7. The van der Waals surface area contributed by atoms with Gasteiger partial charge in [0.05, 0.1) is 44.5 Å². The van der Waals surface area contributed by atoms with Crippen LogP contribution in [-0.4, -0.2) is 148 Å². The Morgan fingerprint density at radius 2 is 0.607 bits per heavy atom. The van der Waals surface area contributed by atoms with E-state index in [0.717, 1.165) is 64.2 Å². The highest BCUT2D eigenvalue weighted by molar-refractivity contribution is 5.83. The molecular weight excluding hydrogens is 1580 g/mol. The molecule has 0 aromatic heterocycles. The van der Waals surface area contributed by atoms with Crippen molar-refractivity contribution in [3.63, 3.8) is 0 Å². The van der Waals surface area contributed by atoms with E-state index in [1.54, 1.807) is 76.2 Å². The lowest BCUT2D eigenvalue weighted by atomic mass is 9.66. The summed E-state index contributed by atoms with van der Waals surface area (Å²) in [6.45, 7) is 52.8. The van der Waals surface area contributed by atoms with Crippen molar-refractivity contribution in [2.45, 2.75) is 408 Å². The van der Waals surface area contributed by atoms with Crippen LogP contribution >= 0.6 is 0 Å². The Morgan fingerprint density at radius 3 is 0.821 bits per heavy atom. The summed E-state index contributed by atoms with van der Waals surface area (Å²) in [5.74, 6) is -7.70. The number of ether oxygens (including phenoxy) is 7. The summed E-state index contributed by atoms with van der Waals surface area (Å²) in [6.07, 6.45) is -23.2. The second-order valence-corrected chi connectivity index (χ2v) is 38.0. The van der Waals surface area contributed by atoms with Gasteiger partial charge in [-0.05, 0) is 256 Å². The van der Waals surface area contributed by atoms with E-state index >= 15 is 0 Å². The van der Waals surface area contributed by atoms with Gasteiger partial charge in [0.1, 0.15) is 18.3 Å². The molecular formula is C84H143F15O18. The van der Waals surface area contributed by atoms with Crippen molar-refractivity contribution in [1.82, 2.24) is 0 Å². The summed E-state index contributed by atoms with van der Waals surface area (Å²) in [5, 5.41) is 28.1. The summed E-state index contributed by atoms with van der Waals surface area (Å²) >= 11 is 0. The molecule has 4 rings (SSSR count). The van der Waals surface area contributed by atoms with Crippen LogP contribution in [0.2, 0.25) is 0 Å². The zero-order valence-corrected chi connectivity index (χ0v) is 75.1. The minimum absolute atomic E-state index is 0.0239. The zero-order chi connectivity index (χ0) is 93.5. The molecule has 3 N–H and O–H groups in total. The van der Waals surface area contributed by atoms with E-state index in [4.69, 9.17) is 28.8 Å². The average molecular weight is 1730 g/mol. The molecule has 1 heterocycles. The van der Waals surface area contributed by atoms with Crippen LogP contribution in [-0.2, 0) is 71.5 Å². The van der Waals surface area contributed by atoms with Crippen LogP contribution in [0.25, 0.3) is 0 Å². The van der Waals surface area contributed by atoms with Crippen LogP contribution in [0.3, 0.4) is 0 Å². The Kier molecular flexibility index (Phi) is 44.7. The number of hydrogen-bond donors (Lipinski definition) is 3. The Labute approximate surface area is 685 Å². The average Bonchev–Trinajstić information content (AvgIpc) is 1.03. The SMILES string of the molecule is CCC(C)(C)C(=O)O.CCC(C)(C)C(=O)OC(C)C(F)(F)F.CCC(C)(C)C(=O)OC(C)C(F)(F)F.CCC(C)(C)C(=O)OC1CC(C(C)(O)C(F)(F)F)CC(C(O)(C(F)(F)F)C(F)(F)F)C1.CCC(C)(C)C(=O)OC1CCC(C(C)(C)C)CC1.CCC(C)(C)C(=O)OC1CCC(C(C)(C)C)CC1.CCC(C)(C)C(=O)OC1CCOC1=O. The smallest absolute Gasteiger partial charge is 0.426 e. The van der Waals surface area contributed by atoms with Crippen LogP contribution in [0.1, 0.15) is 330 Å². The minimum Gasteiger partial charge on any atom is -0.481 e. The highest BCUT2D eigenvalue weighted by atomic mass is 19.4. The number of aliphatic hydroxyl groups is 2. The molecule has 0 aromatic rings. The number of carbonyl (C=O) groups excluding carboxylic acids is 7. The number of carboxylic acid groups (broad SMARTS) is 1. The molecule has 7 atom stereocenters. The second-order valence-electron chi connectivity index (χ2n) is 38.0. The summed E-state index contributed by atoms with van der Waals surface area (Å²) < 4.78 is 227. The lowest BCUT2D eigenvalue weighted by molar-refractivity contribution is -0.391. The molecule has 3 saturated carbocycles. The Balaban J connectivity index is -0.00000134. The molecule has 117 heavy (non-hydrogen) atoms. The Hall–Kier alpha value is -5.37. The number of cyclic esters (lactones) is 1. The first-order chi connectivity index (χ1) is 52.0. The maximum atomic E-state index is 13.3. The fraction of sp³-hybridized carbons (Fsp3) is 0.905. The predicted molar refractivity (Wildman–Crippen MR) is 412 cm³/mol. The van der Waals surface area contributed by atoms with E-state index in [1.807, 2.05) is 55.4 Å². The van der Waals surface area contributed by atoms with Crippen molar-refractivity contribution in [3.05, 3.63) is 0 Å². The molecule has 7 unspecified atom stereocenters. The van der Waals surface area contributed by atoms with Gasteiger partial charge in [0, 0.05) is 18.3 Å². The van der Waals surface area contributed by atoms with Gasteiger partial charge in [0.15, 0.2) is 17.8 Å². The first-order valence-electron chi connectivity index (χ1n) is 40.5. The summed E-state index contributed by atoms with van der Waals surface area (Å²) in [7, 11) is 0. The quantitative estimate of drug-likeness (QED) is 0.0517. The lowest BCUT2D eigenvalue weighted by Crippen LogP contribution is -2.64. The van der Waals surface area contributed by atoms with Gasteiger partial charge >= 0.3 is 78.6 Å². The highest BCUT2D eigenvalue weighted by Gasteiger charge is 2.75. The van der Waals surface area contributed by atoms with Gasteiger partial charge in [-0.3, -0.25) is 33.6 Å². The number of halogens is 15. The largest absolute Gasteiger partial charge is 0.481 e. The molecule has 1 saturated heterocycles. The topological polar surface area (TPSA) is 262 Å². The Bertz CT molecular complexity index is 2940. The normalized spacial score (nSPS) is 22.0. The molecule has 0 spiro atoms. The molecule has 3 aliphatic carbocycles. The van der Waals surface area contributed by atoms with E-state index in [9.17, 15) is 114 Å². The molecule has 692 valence electrons. The number of carbonyl (C=O) groups is 8. The minimum atomic E-state index is -6.28. The first kappa shape index (κ1) is 116. The number of aliphatic carboxylic acids is 1. The fourth-order valence-electron chi connectivity index (χ4n) is 10.7. The van der Waals surface area contributed by atoms with Crippen molar-refractivity contribution in [3.8, 4) is 0 Å². The summed E-state index contributed by atoms with van der Waals surface area (Å²) in [4.78, 5) is 91.6. The van der Waals surface area contributed by atoms with Crippen molar-refractivity contribution >= 4 is 47.8 Å². The van der Waals surface area contributed by atoms with Gasteiger partial charge in [0.2, 0.25) is 6.10 Å². The summed E-state index contributed by atoms with van der Waals surface area (Å²) in [5.41, 5.74) is -12.9. The number of esters is 7. The number of carboxylic acids is 1. The van der Waals surface area contributed by atoms with Crippen molar-refractivity contribution in [2.24, 2.45) is 72.4 Å². The van der Waals surface area contributed by atoms with Gasteiger partial charge in [-0.15, -0.1) is 0 Å². The standard InChI is InChI=1S/C18H25F9O4.2C16H30O2.C10H16O4.2C9H15F3O2.C6H12O2/c1-5-13(2,3)12(28)31-11-7-9(14(4,29)16(19,20)21)6-10(8-11)15(30,17(22,23)24)18(25,26)27;2*1-7-16(5,6)14(17)18-13-10-8-12(9-11-13)15(2,3)4;1-4-10(2,3)9(12)14-7-5-6-13-8(7)11;2*1-5-8(3,4)7(13)14-6(2)9(10,11)12;1-4-6(2,3)5(7)8/h9-11,29-30H,5-8H2,1-4H3;2*12-13H,7-11H2,1-6H3;7H,4-6H2,1-3H3;2*6H,5H2,1-4H3;4H2,1-3H3,(H,7,8). The summed E-state index contributed by atoms with van der Waals surface area (Å²) in [6, 6.07) is 0. The molecule has 1 aliphatic heterocycles. The highest BCUT2D eigenvalue weighted by Crippen LogP contribution is 2.56. The van der Waals surface area contributed by atoms with Crippen molar-refractivity contribution in [2.75, 3.05) is 6.61 Å². The first-order valence-corrected chi connectivity index (χ1v) is 40.5. The van der Waals surface area contributed by atoms with E-state index in [1.165, 1.54) is 39.5 Å². The predicted octanol–water partition coefficient (Wildman–Crippen LogP) is 22.7. The van der Waals surface area contributed by atoms with E-state index < -0.39 is 155 Å². The number of rotatable bonds is 22. The molecule has 33 heteroatoms. The molecule has 0 radical (unpaired) electrons. The van der Waals surface area contributed by atoms with Gasteiger partial charge < -0.3 is 48.5 Å². The van der Waals surface area contributed by atoms with E-state index in [0.29, 0.717) is 49.5 Å². The van der Waals surface area contributed by atoms with Crippen LogP contribution < -0.4 is 0 Å². The third-order valence-electron chi connectivity index (χ3n) is 23.8. The maximum absolute atomic E-state index is 13.3. The monoisotopic (exact) mass is 1730 g/mol. The van der Waals surface area contributed by atoms with Crippen LogP contribution in [0.15, 0.2) is 0 Å². The molecule has 0 amide bonds. The lowest BCUT2D eigenvalue weighted by Gasteiger charge is -2.47. The third-order valence-corrected chi connectivity index (χ3v) is 23.8. The van der Waals surface area contributed by atoms with Crippen LogP contribution in [0.5, 0.6) is 0 Å². The van der Waals surface area contributed by atoms with Gasteiger partial charge in [-0.1, -0.05) is 90.0 Å². The zero-order valence-electron chi connectivity index (χ0n) is 75.1. The van der Waals surface area contributed by atoms with Gasteiger partial charge in [-0.2, -0.15) is 65.9 Å². The maximum Gasteiger partial charge on any atom is 0.426 e. The molecule has 4 aliphatic rings. The Morgan fingerprint density at radius 1 is 0.350 bits per heavy atom. The van der Waals surface area contributed by atoms with Gasteiger partial charge in [0.25, 0.3) is 5.60 Å². The van der Waals surface area contributed by atoms with Crippen molar-refractivity contribution < 1.29 is 153 Å². The number of hydrogen-bond acceptors (Lipinski definition) is 17. The molecule has 0 aromatic carbocycles. The molecule has 4 fully saturated rings. The van der Waals surface area contributed by atoms with E-state index in [2.05, 4.69) is 51.0 Å². The van der Waals surface area contributed by atoms with E-state index in [-0.39, 0.29) is 54.3 Å². The van der Waals surface area contributed by atoms with Crippen molar-refractivity contribution in [1.29, 1.82) is 0 Å². The molecule has 18 nitrogen and oxygen atoms in total.